The summed E-state index contributed by atoms with van der Waals surface area (Å²) in [5.74, 6) is 0. The van der Waals surface area contributed by atoms with E-state index in [1.807, 2.05) is 5.48 Å². The van der Waals surface area contributed by atoms with Crippen LogP contribution in [0.2, 0.25) is 0 Å². The van der Waals surface area contributed by atoms with E-state index in [2.05, 4.69) is 15.3 Å². The minimum Gasteiger partial charge on any atom is -0.447 e. The lowest BCUT2D eigenvalue weighted by Crippen LogP contribution is -2.33. The molecule has 0 atom stereocenters. The van der Waals surface area contributed by atoms with E-state index < -0.39 is 17.8 Å². The third-order valence-electron chi connectivity index (χ3n) is 0.984. The molecular weight excluding hydrogens is 204 g/mol. The maximum Gasteiger partial charge on any atom is 0.431 e. The lowest BCUT2D eigenvalue weighted by atomic mass is 10.2. The highest BCUT2D eigenvalue weighted by Crippen LogP contribution is 2.06. The molecular formula is C8H16N2O5. The molecule has 7 nitrogen and oxygen atoms in total. The van der Waals surface area contributed by atoms with Gasteiger partial charge in [-0.2, -0.15) is 5.48 Å². The van der Waals surface area contributed by atoms with E-state index in [4.69, 9.17) is 4.74 Å². The van der Waals surface area contributed by atoms with Crippen molar-refractivity contribution in [3.8, 4) is 0 Å². The van der Waals surface area contributed by atoms with Crippen LogP contribution in [-0.4, -0.2) is 31.0 Å². The van der Waals surface area contributed by atoms with Crippen molar-refractivity contribution in [3.05, 3.63) is 0 Å². The maximum atomic E-state index is 11.0. The van der Waals surface area contributed by atoms with Crippen molar-refractivity contribution in [2.45, 2.75) is 26.4 Å². The van der Waals surface area contributed by atoms with Crippen LogP contribution in [0.1, 0.15) is 20.8 Å². The number of hydrogen-bond donors (Lipinski definition) is 2. The van der Waals surface area contributed by atoms with Gasteiger partial charge in [-0.1, -0.05) is 0 Å². The molecule has 0 saturated heterocycles. The van der Waals surface area contributed by atoms with E-state index in [0.29, 0.717) is 0 Å². The normalized spacial score (nSPS) is 10.6. The van der Waals surface area contributed by atoms with Crippen molar-refractivity contribution in [1.82, 2.24) is 5.48 Å². The van der Waals surface area contributed by atoms with E-state index in [0.717, 1.165) is 0 Å². The standard InChI is InChI=1S/C8H16N2O5/c1-8(2,3)15-7(12)10-14-5-4-13-6(9)11/h4-5H2,1-3H3,(H2,9,11)(H,10,12). The zero-order valence-electron chi connectivity index (χ0n) is 9.03. The van der Waals surface area contributed by atoms with Gasteiger partial charge in [-0.3, -0.25) is 4.84 Å². The molecule has 0 fully saturated rings. The first kappa shape index (κ1) is 13.5. The summed E-state index contributed by atoms with van der Waals surface area (Å²) in [6.07, 6.45) is -1.60. The molecule has 7 heteroatoms. The Hall–Kier alpha value is -1.50. The molecule has 0 aromatic heterocycles. The summed E-state index contributed by atoms with van der Waals surface area (Å²) in [4.78, 5) is 25.7. The smallest absolute Gasteiger partial charge is 0.431 e. The fourth-order valence-corrected chi connectivity index (χ4v) is 0.593. The number of nitrogens with one attached hydrogen (secondary N) is 1. The van der Waals surface area contributed by atoms with Gasteiger partial charge in [0, 0.05) is 0 Å². The number of amides is 2. The molecule has 2 amide bonds. The average molecular weight is 220 g/mol. The van der Waals surface area contributed by atoms with Gasteiger partial charge in [-0.15, -0.1) is 0 Å². The molecule has 0 heterocycles. The first-order valence-corrected chi connectivity index (χ1v) is 4.34. The van der Waals surface area contributed by atoms with Crippen LogP contribution >= 0.6 is 0 Å². The second kappa shape index (κ2) is 6.07. The number of nitrogens with two attached hydrogens (primary N) is 1. The zero-order valence-corrected chi connectivity index (χ0v) is 9.03. The van der Waals surface area contributed by atoms with E-state index in [-0.39, 0.29) is 13.2 Å². The monoisotopic (exact) mass is 220 g/mol. The van der Waals surface area contributed by atoms with Gasteiger partial charge in [0.15, 0.2) is 0 Å². The quantitative estimate of drug-likeness (QED) is 0.532. The van der Waals surface area contributed by atoms with Crippen molar-refractivity contribution in [1.29, 1.82) is 0 Å². The van der Waals surface area contributed by atoms with Gasteiger partial charge in [0.05, 0.1) is 0 Å². The van der Waals surface area contributed by atoms with E-state index in [1.165, 1.54) is 0 Å². The largest absolute Gasteiger partial charge is 0.447 e. The number of hydroxylamine groups is 1. The van der Waals surface area contributed by atoms with Crippen LogP contribution in [0.15, 0.2) is 0 Å². The lowest BCUT2D eigenvalue weighted by Gasteiger charge is -2.19. The van der Waals surface area contributed by atoms with Crippen molar-refractivity contribution in [3.63, 3.8) is 0 Å². The van der Waals surface area contributed by atoms with Crippen molar-refractivity contribution >= 4 is 12.2 Å². The number of carbonyl (C=O) groups is 2. The van der Waals surface area contributed by atoms with Gasteiger partial charge in [0.1, 0.15) is 18.8 Å². The summed E-state index contributed by atoms with van der Waals surface area (Å²) in [6, 6.07) is 0. The maximum absolute atomic E-state index is 11.0. The molecule has 0 radical (unpaired) electrons. The SMILES string of the molecule is CC(C)(C)OC(=O)NOCCOC(N)=O. The molecule has 0 aliphatic carbocycles. The Labute approximate surface area is 87.8 Å². The fourth-order valence-electron chi connectivity index (χ4n) is 0.593. The zero-order chi connectivity index (χ0) is 11.9. The number of hydrogen-bond acceptors (Lipinski definition) is 5. The van der Waals surface area contributed by atoms with Gasteiger partial charge >= 0.3 is 12.2 Å². The Morgan fingerprint density at radius 3 is 2.33 bits per heavy atom. The van der Waals surface area contributed by atoms with E-state index in [1.54, 1.807) is 20.8 Å². The third-order valence-corrected chi connectivity index (χ3v) is 0.984. The molecule has 0 bridgehead atoms. The molecule has 0 unspecified atom stereocenters. The lowest BCUT2D eigenvalue weighted by molar-refractivity contribution is -0.0176. The Kier molecular flexibility index (Phi) is 5.46. The number of primary amides is 1. The highest BCUT2D eigenvalue weighted by Gasteiger charge is 2.15. The van der Waals surface area contributed by atoms with Gasteiger partial charge in [-0.25, -0.2) is 9.59 Å². The molecule has 0 aromatic rings. The topological polar surface area (TPSA) is 99.9 Å². The molecule has 0 aliphatic rings. The van der Waals surface area contributed by atoms with Crippen molar-refractivity contribution in [2.75, 3.05) is 13.2 Å². The summed E-state index contributed by atoms with van der Waals surface area (Å²) >= 11 is 0. The minimum atomic E-state index is -0.893. The van der Waals surface area contributed by atoms with E-state index in [9.17, 15) is 9.59 Å². The van der Waals surface area contributed by atoms with Crippen molar-refractivity contribution in [2.24, 2.45) is 5.73 Å². The number of ether oxygens (including phenoxy) is 2. The molecule has 3 N–H and O–H groups in total. The predicted molar refractivity (Wildman–Crippen MR) is 50.9 cm³/mol. The summed E-state index contributed by atoms with van der Waals surface area (Å²) in [7, 11) is 0. The van der Waals surface area contributed by atoms with Gasteiger partial charge in [0.2, 0.25) is 0 Å². The second-order valence-electron chi connectivity index (χ2n) is 3.62. The van der Waals surface area contributed by atoms with Crippen LogP contribution < -0.4 is 11.2 Å². The second-order valence-corrected chi connectivity index (χ2v) is 3.62. The Morgan fingerprint density at radius 1 is 1.27 bits per heavy atom. The first-order chi connectivity index (χ1) is 6.81. The van der Waals surface area contributed by atoms with Gasteiger partial charge in [-0.05, 0) is 20.8 Å². The summed E-state index contributed by atoms with van der Waals surface area (Å²) in [6.45, 7) is 5.14. The molecule has 0 aliphatic heterocycles. The highest BCUT2D eigenvalue weighted by molar-refractivity contribution is 5.66. The molecule has 0 saturated carbocycles. The van der Waals surface area contributed by atoms with Crippen LogP contribution in [0.5, 0.6) is 0 Å². The molecule has 88 valence electrons. The van der Waals surface area contributed by atoms with Crippen LogP contribution in [0.4, 0.5) is 9.59 Å². The third kappa shape index (κ3) is 10.4. The minimum absolute atomic E-state index is 0.00217. The Balaban J connectivity index is 3.44. The fraction of sp³-hybridized carbons (Fsp3) is 0.750. The van der Waals surface area contributed by atoms with Crippen LogP contribution in [0, 0.1) is 0 Å². The Bertz CT molecular complexity index is 224. The van der Waals surface area contributed by atoms with Crippen LogP contribution in [0.3, 0.4) is 0 Å². The first-order valence-electron chi connectivity index (χ1n) is 4.34. The van der Waals surface area contributed by atoms with Crippen LogP contribution in [-0.2, 0) is 14.3 Å². The molecule has 0 rings (SSSR count). The van der Waals surface area contributed by atoms with E-state index >= 15 is 0 Å². The highest BCUT2D eigenvalue weighted by atomic mass is 16.7. The average Bonchev–Trinajstić information content (AvgIpc) is 1.99. The van der Waals surface area contributed by atoms with Crippen molar-refractivity contribution < 1.29 is 23.9 Å². The summed E-state index contributed by atoms with van der Waals surface area (Å²) < 4.78 is 9.20. The summed E-state index contributed by atoms with van der Waals surface area (Å²) in [5.41, 5.74) is 6.12. The van der Waals surface area contributed by atoms with Crippen LogP contribution in [0.25, 0.3) is 0 Å². The number of rotatable bonds is 4. The Morgan fingerprint density at radius 2 is 1.87 bits per heavy atom. The molecule has 15 heavy (non-hydrogen) atoms. The molecule has 0 spiro atoms. The van der Waals surface area contributed by atoms with Gasteiger partial charge < -0.3 is 15.2 Å². The molecule has 0 aromatic carbocycles. The van der Waals surface area contributed by atoms with Gasteiger partial charge in [0.25, 0.3) is 0 Å². The predicted octanol–water partition coefficient (Wildman–Crippen LogP) is 0.538. The number of carbonyl (C=O) groups excluding carboxylic acids is 2. The summed E-state index contributed by atoms with van der Waals surface area (Å²) in [5, 5.41) is 0.